The molecule has 20 heavy (non-hydrogen) atoms. The Kier molecular flexibility index (Phi) is 5.20. The SMILES string of the molecule is CCC(CC)(CO)CNC(=O)c1c([N+](=O)[O-])cnn1C. The lowest BCUT2D eigenvalue weighted by Gasteiger charge is -2.29. The topological polar surface area (TPSA) is 110 Å². The quantitative estimate of drug-likeness (QED) is 0.570. The standard InChI is InChI=1S/C12H20N4O4/c1-4-12(5-2,8-17)7-13-11(18)10-9(16(19)20)6-14-15(10)3/h6,17H,4-5,7-8H2,1-3H3,(H,13,18). The number of nitrogens with one attached hydrogen (secondary N) is 1. The summed E-state index contributed by atoms with van der Waals surface area (Å²) in [4.78, 5) is 22.3. The van der Waals surface area contributed by atoms with E-state index in [2.05, 4.69) is 10.4 Å². The van der Waals surface area contributed by atoms with Gasteiger partial charge in [0.2, 0.25) is 5.69 Å². The van der Waals surface area contributed by atoms with E-state index in [0.29, 0.717) is 12.8 Å². The van der Waals surface area contributed by atoms with Crippen LogP contribution in [0.5, 0.6) is 0 Å². The molecular weight excluding hydrogens is 264 g/mol. The van der Waals surface area contributed by atoms with Crippen LogP contribution in [0, 0.1) is 15.5 Å². The first-order chi connectivity index (χ1) is 9.40. The molecule has 112 valence electrons. The summed E-state index contributed by atoms with van der Waals surface area (Å²) in [6.07, 6.45) is 2.45. The van der Waals surface area contributed by atoms with Gasteiger partial charge in [-0.05, 0) is 12.8 Å². The number of nitro groups is 1. The molecule has 2 N–H and O–H groups in total. The van der Waals surface area contributed by atoms with Crippen molar-refractivity contribution in [3.05, 3.63) is 22.0 Å². The van der Waals surface area contributed by atoms with Crippen LogP contribution in [0.1, 0.15) is 37.2 Å². The number of aryl methyl sites for hydroxylation is 1. The van der Waals surface area contributed by atoms with Gasteiger partial charge in [0.25, 0.3) is 5.91 Å². The number of rotatable bonds is 7. The van der Waals surface area contributed by atoms with Gasteiger partial charge in [0.1, 0.15) is 6.20 Å². The molecule has 0 saturated carbocycles. The molecule has 0 spiro atoms. The van der Waals surface area contributed by atoms with E-state index < -0.39 is 16.2 Å². The molecule has 1 rings (SSSR count). The van der Waals surface area contributed by atoms with Gasteiger partial charge in [-0.1, -0.05) is 13.8 Å². The summed E-state index contributed by atoms with van der Waals surface area (Å²) in [5.74, 6) is -0.559. The molecule has 0 saturated heterocycles. The summed E-state index contributed by atoms with van der Waals surface area (Å²) >= 11 is 0. The molecular formula is C12H20N4O4. The average Bonchev–Trinajstić information content (AvgIpc) is 2.83. The molecule has 0 unspecified atom stereocenters. The zero-order valence-electron chi connectivity index (χ0n) is 11.9. The zero-order valence-corrected chi connectivity index (χ0v) is 11.9. The number of carbonyl (C=O) groups excluding carboxylic acids is 1. The van der Waals surface area contributed by atoms with Crippen molar-refractivity contribution < 1.29 is 14.8 Å². The van der Waals surface area contributed by atoms with Crippen LogP contribution in [0.4, 0.5) is 5.69 Å². The minimum Gasteiger partial charge on any atom is -0.396 e. The predicted molar refractivity (Wildman–Crippen MR) is 72.3 cm³/mol. The molecule has 0 aromatic carbocycles. The van der Waals surface area contributed by atoms with E-state index in [0.717, 1.165) is 6.20 Å². The number of amides is 1. The lowest BCUT2D eigenvalue weighted by molar-refractivity contribution is -0.385. The van der Waals surface area contributed by atoms with Crippen molar-refractivity contribution in [2.24, 2.45) is 12.5 Å². The van der Waals surface area contributed by atoms with Crippen molar-refractivity contribution in [2.75, 3.05) is 13.2 Å². The highest BCUT2D eigenvalue weighted by atomic mass is 16.6. The van der Waals surface area contributed by atoms with Crippen LogP contribution in [-0.2, 0) is 7.05 Å². The molecule has 0 bridgehead atoms. The molecule has 0 atom stereocenters. The summed E-state index contributed by atoms with van der Waals surface area (Å²) in [7, 11) is 1.47. The first-order valence-corrected chi connectivity index (χ1v) is 6.46. The second-order valence-electron chi connectivity index (χ2n) is 4.81. The number of nitrogens with zero attached hydrogens (tertiary/aromatic N) is 3. The van der Waals surface area contributed by atoms with Crippen LogP contribution < -0.4 is 5.32 Å². The van der Waals surface area contributed by atoms with Gasteiger partial charge in [0, 0.05) is 19.0 Å². The van der Waals surface area contributed by atoms with Crippen LogP contribution in [0.15, 0.2) is 6.20 Å². The van der Waals surface area contributed by atoms with Crippen LogP contribution >= 0.6 is 0 Å². The second-order valence-corrected chi connectivity index (χ2v) is 4.81. The molecule has 8 heteroatoms. The Labute approximate surface area is 116 Å². The van der Waals surface area contributed by atoms with Crippen molar-refractivity contribution in [1.29, 1.82) is 0 Å². The number of aromatic nitrogens is 2. The van der Waals surface area contributed by atoms with Gasteiger partial charge in [-0.3, -0.25) is 19.6 Å². The van der Waals surface area contributed by atoms with Gasteiger partial charge in [-0.15, -0.1) is 0 Å². The summed E-state index contributed by atoms with van der Waals surface area (Å²) in [6.45, 7) is 4.07. The first kappa shape index (κ1) is 16.1. The van der Waals surface area contributed by atoms with E-state index in [9.17, 15) is 20.0 Å². The fourth-order valence-electron chi connectivity index (χ4n) is 1.95. The van der Waals surface area contributed by atoms with Crippen molar-refractivity contribution in [3.63, 3.8) is 0 Å². The number of hydrogen-bond donors (Lipinski definition) is 2. The van der Waals surface area contributed by atoms with E-state index in [4.69, 9.17) is 0 Å². The van der Waals surface area contributed by atoms with Crippen LogP contribution in [0.25, 0.3) is 0 Å². The normalized spacial score (nSPS) is 11.4. The summed E-state index contributed by atoms with van der Waals surface area (Å²) in [5, 5.41) is 26.7. The molecule has 0 aliphatic heterocycles. The Morgan fingerprint density at radius 1 is 1.55 bits per heavy atom. The monoisotopic (exact) mass is 284 g/mol. The summed E-state index contributed by atoms with van der Waals surface area (Å²) in [5.41, 5.74) is -0.815. The molecule has 1 heterocycles. The molecule has 1 amide bonds. The third kappa shape index (κ3) is 3.13. The van der Waals surface area contributed by atoms with Gasteiger partial charge < -0.3 is 10.4 Å². The Morgan fingerprint density at radius 3 is 2.60 bits per heavy atom. The highest BCUT2D eigenvalue weighted by molar-refractivity contribution is 5.96. The van der Waals surface area contributed by atoms with Crippen molar-refractivity contribution in [2.45, 2.75) is 26.7 Å². The van der Waals surface area contributed by atoms with Crippen molar-refractivity contribution >= 4 is 11.6 Å². The highest BCUT2D eigenvalue weighted by Gasteiger charge is 2.29. The molecule has 8 nitrogen and oxygen atoms in total. The lowest BCUT2D eigenvalue weighted by Crippen LogP contribution is -2.40. The van der Waals surface area contributed by atoms with E-state index in [-0.39, 0.29) is 24.5 Å². The number of hydrogen-bond acceptors (Lipinski definition) is 5. The summed E-state index contributed by atoms with van der Waals surface area (Å²) < 4.78 is 1.17. The van der Waals surface area contributed by atoms with Gasteiger partial charge in [-0.25, -0.2) is 0 Å². The van der Waals surface area contributed by atoms with Crippen LogP contribution in [0.2, 0.25) is 0 Å². The number of aliphatic hydroxyl groups is 1. The molecule has 0 radical (unpaired) electrons. The van der Waals surface area contributed by atoms with Crippen LogP contribution in [0.3, 0.4) is 0 Å². The Balaban J connectivity index is 2.87. The third-order valence-electron chi connectivity index (χ3n) is 3.79. The first-order valence-electron chi connectivity index (χ1n) is 6.46. The Hall–Kier alpha value is -1.96. The summed E-state index contributed by atoms with van der Waals surface area (Å²) in [6, 6.07) is 0. The maximum Gasteiger partial charge on any atom is 0.320 e. The van der Waals surface area contributed by atoms with Gasteiger partial charge in [0.05, 0.1) is 11.5 Å². The average molecular weight is 284 g/mol. The van der Waals surface area contributed by atoms with Crippen molar-refractivity contribution in [3.8, 4) is 0 Å². The molecule has 0 aliphatic rings. The van der Waals surface area contributed by atoms with E-state index in [1.165, 1.54) is 11.7 Å². The third-order valence-corrected chi connectivity index (χ3v) is 3.79. The fourth-order valence-corrected chi connectivity index (χ4v) is 1.95. The molecule has 0 fully saturated rings. The molecule has 1 aromatic rings. The van der Waals surface area contributed by atoms with E-state index in [1.807, 2.05) is 13.8 Å². The minimum absolute atomic E-state index is 0.0479. The van der Waals surface area contributed by atoms with E-state index in [1.54, 1.807) is 0 Å². The molecule has 0 aliphatic carbocycles. The largest absolute Gasteiger partial charge is 0.396 e. The predicted octanol–water partition coefficient (Wildman–Crippen LogP) is 0.857. The Bertz CT molecular complexity index is 485. The lowest BCUT2D eigenvalue weighted by atomic mass is 9.83. The maximum absolute atomic E-state index is 12.1. The highest BCUT2D eigenvalue weighted by Crippen LogP contribution is 2.25. The van der Waals surface area contributed by atoms with Gasteiger partial charge in [0.15, 0.2) is 0 Å². The van der Waals surface area contributed by atoms with Crippen molar-refractivity contribution in [1.82, 2.24) is 15.1 Å². The maximum atomic E-state index is 12.1. The van der Waals surface area contributed by atoms with E-state index >= 15 is 0 Å². The van der Waals surface area contributed by atoms with Gasteiger partial charge in [-0.2, -0.15) is 5.10 Å². The van der Waals surface area contributed by atoms with Gasteiger partial charge >= 0.3 is 5.69 Å². The molecule has 1 aromatic heterocycles. The number of aliphatic hydroxyl groups excluding tert-OH is 1. The smallest absolute Gasteiger partial charge is 0.320 e. The minimum atomic E-state index is -0.638. The number of carbonyl (C=O) groups is 1. The second kappa shape index (κ2) is 6.47. The Morgan fingerprint density at radius 2 is 2.15 bits per heavy atom. The zero-order chi connectivity index (χ0) is 15.3. The van der Waals surface area contributed by atoms with Crippen LogP contribution in [-0.4, -0.2) is 38.9 Å². The fraction of sp³-hybridized carbons (Fsp3) is 0.667.